The molecule has 0 saturated heterocycles. The summed E-state index contributed by atoms with van der Waals surface area (Å²) in [7, 11) is 0. The number of nitrogens with two attached hydrogens (primary N) is 1. The van der Waals surface area contributed by atoms with Crippen LogP contribution in [0.15, 0.2) is 35.7 Å². The maximum Gasteiger partial charge on any atom is 0.250 e. The van der Waals surface area contributed by atoms with Gasteiger partial charge in [-0.15, -0.1) is 11.3 Å². The molecule has 2 rings (SSSR count). The van der Waals surface area contributed by atoms with Crippen molar-refractivity contribution in [1.82, 2.24) is 0 Å². The van der Waals surface area contributed by atoms with Gasteiger partial charge in [-0.25, -0.2) is 4.39 Å². The molecule has 3 N–H and O–H groups in total. The summed E-state index contributed by atoms with van der Waals surface area (Å²) in [5.74, 6) is -0.765. The van der Waals surface area contributed by atoms with Gasteiger partial charge in [0, 0.05) is 4.88 Å². The average molecular weight is 280 g/mol. The van der Waals surface area contributed by atoms with Gasteiger partial charge >= 0.3 is 0 Å². The van der Waals surface area contributed by atoms with Gasteiger partial charge in [-0.05, 0) is 29.6 Å². The van der Waals surface area contributed by atoms with Gasteiger partial charge in [-0.3, -0.25) is 4.79 Å². The minimum absolute atomic E-state index is 0.0747. The van der Waals surface area contributed by atoms with Crippen LogP contribution in [0.2, 0.25) is 0 Å². The summed E-state index contributed by atoms with van der Waals surface area (Å²) in [6.45, 7) is 0.318. The van der Waals surface area contributed by atoms with Crippen molar-refractivity contribution in [2.24, 2.45) is 0 Å². The van der Waals surface area contributed by atoms with Gasteiger partial charge in [0.25, 0.3) is 0 Å². The third kappa shape index (κ3) is 4.04. The fourth-order valence-electron chi connectivity index (χ4n) is 1.47. The molecule has 1 aromatic carbocycles. The van der Waals surface area contributed by atoms with Crippen molar-refractivity contribution in [3.8, 4) is 0 Å². The second-order valence-electron chi connectivity index (χ2n) is 3.85. The fourth-order valence-corrected chi connectivity index (χ4v) is 2.11. The highest BCUT2D eigenvalue weighted by Crippen LogP contribution is 2.18. The molecule has 0 saturated carbocycles. The number of rotatable bonds is 5. The Labute approximate surface area is 114 Å². The summed E-state index contributed by atoms with van der Waals surface area (Å²) >= 11 is 1.56. The molecule has 1 heterocycles. The van der Waals surface area contributed by atoms with E-state index >= 15 is 0 Å². The molecule has 100 valence electrons. The van der Waals surface area contributed by atoms with Crippen molar-refractivity contribution in [1.29, 1.82) is 0 Å². The number of carbonyl (C=O) groups is 1. The second kappa shape index (κ2) is 6.31. The molecule has 0 aliphatic rings. The van der Waals surface area contributed by atoms with Crippen LogP contribution in [0.5, 0.6) is 0 Å². The van der Waals surface area contributed by atoms with Gasteiger partial charge < -0.3 is 15.8 Å². The van der Waals surface area contributed by atoms with Crippen molar-refractivity contribution in [3.63, 3.8) is 0 Å². The first-order valence-electron chi connectivity index (χ1n) is 5.60. The molecule has 0 bridgehead atoms. The van der Waals surface area contributed by atoms with E-state index in [2.05, 4.69) is 5.32 Å². The van der Waals surface area contributed by atoms with Crippen molar-refractivity contribution in [2.75, 3.05) is 17.7 Å². The topological polar surface area (TPSA) is 64.3 Å². The van der Waals surface area contributed by atoms with Crippen molar-refractivity contribution in [3.05, 3.63) is 46.4 Å². The Morgan fingerprint density at radius 2 is 2.26 bits per heavy atom. The number of halogens is 1. The quantitative estimate of drug-likeness (QED) is 0.827. The van der Waals surface area contributed by atoms with Crippen molar-refractivity contribution in [2.45, 2.75) is 6.61 Å². The molecule has 4 nitrogen and oxygen atoms in total. The second-order valence-corrected chi connectivity index (χ2v) is 4.88. The van der Waals surface area contributed by atoms with E-state index in [1.165, 1.54) is 12.1 Å². The Morgan fingerprint density at radius 3 is 2.95 bits per heavy atom. The average Bonchev–Trinajstić information content (AvgIpc) is 2.86. The SMILES string of the molecule is Nc1cc(F)ccc1NC(=O)COCc1cccs1. The number of thiophene rings is 1. The molecule has 6 heteroatoms. The largest absolute Gasteiger partial charge is 0.397 e. The highest BCUT2D eigenvalue weighted by molar-refractivity contribution is 7.09. The predicted molar refractivity (Wildman–Crippen MR) is 73.4 cm³/mol. The van der Waals surface area contributed by atoms with Crippen LogP contribution in [-0.4, -0.2) is 12.5 Å². The van der Waals surface area contributed by atoms with Crippen LogP contribution < -0.4 is 11.1 Å². The fraction of sp³-hybridized carbons (Fsp3) is 0.154. The smallest absolute Gasteiger partial charge is 0.250 e. The van der Waals surface area contributed by atoms with E-state index in [1.807, 2.05) is 17.5 Å². The summed E-state index contributed by atoms with van der Waals surface area (Å²) < 4.78 is 18.1. The Hall–Kier alpha value is -1.92. The van der Waals surface area contributed by atoms with Crippen LogP contribution in [0.1, 0.15) is 4.88 Å². The maximum atomic E-state index is 12.8. The summed E-state index contributed by atoms with van der Waals surface area (Å²) in [6.07, 6.45) is 0. The number of hydrogen-bond donors (Lipinski definition) is 2. The third-order valence-corrected chi connectivity index (χ3v) is 3.20. The van der Waals surface area contributed by atoms with Crippen LogP contribution in [0.25, 0.3) is 0 Å². The van der Waals surface area contributed by atoms with E-state index in [4.69, 9.17) is 10.5 Å². The van der Waals surface area contributed by atoms with Gasteiger partial charge in [0.15, 0.2) is 0 Å². The molecule has 0 aliphatic carbocycles. The lowest BCUT2D eigenvalue weighted by Crippen LogP contribution is -2.18. The maximum absolute atomic E-state index is 12.8. The molecule has 0 spiro atoms. The molecule has 0 fully saturated rings. The normalized spacial score (nSPS) is 10.4. The van der Waals surface area contributed by atoms with E-state index in [0.29, 0.717) is 12.3 Å². The number of nitrogens with one attached hydrogen (secondary N) is 1. The zero-order chi connectivity index (χ0) is 13.7. The van der Waals surface area contributed by atoms with Crippen LogP contribution in [-0.2, 0) is 16.1 Å². The lowest BCUT2D eigenvalue weighted by Gasteiger charge is -2.08. The first kappa shape index (κ1) is 13.5. The Balaban J connectivity index is 1.80. The first-order valence-corrected chi connectivity index (χ1v) is 6.48. The molecule has 0 unspecified atom stereocenters. The Kier molecular flexibility index (Phi) is 4.48. The van der Waals surface area contributed by atoms with E-state index in [-0.39, 0.29) is 18.2 Å². The number of amides is 1. The third-order valence-electron chi connectivity index (χ3n) is 2.35. The molecule has 19 heavy (non-hydrogen) atoms. The van der Waals surface area contributed by atoms with Crippen LogP contribution >= 0.6 is 11.3 Å². The van der Waals surface area contributed by atoms with Gasteiger partial charge in [0.2, 0.25) is 5.91 Å². The lowest BCUT2D eigenvalue weighted by atomic mass is 10.2. The van der Waals surface area contributed by atoms with Crippen LogP contribution in [0.3, 0.4) is 0 Å². The van der Waals surface area contributed by atoms with Gasteiger partial charge in [0.1, 0.15) is 12.4 Å². The summed E-state index contributed by atoms with van der Waals surface area (Å²) in [4.78, 5) is 12.6. The summed E-state index contributed by atoms with van der Waals surface area (Å²) in [5.41, 5.74) is 6.15. The van der Waals surface area contributed by atoms with Crippen molar-refractivity contribution >= 4 is 28.6 Å². The number of carbonyl (C=O) groups excluding carboxylic acids is 1. The Morgan fingerprint density at radius 1 is 1.42 bits per heavy atom. The standard InChI is InChI=1S/C13H13FN2O2S/c14-9-3-4-12(11(15)6-9)16-13(17)8-18-7-10-2-1-5-19-10/h1-6H,7-8,15H2,(H,16,17). The molecule has 2 aromatic rings. The summed E-state index contributed by atoms with van der Waals surface area (Å²) in [5, 5.41) is 4.51. The molecule has 1 amide bonds. The lowest BCUT2D eigenvalue weighted by molar-refractivity contribution is -0.120. The minimum atomic E-state index is -0.440. The predicted octanol–water partition coefficient (Wildman–Crippen LogP) is 2.62. The van der Waals surface area contributed by atoms with E-state index < -0.39 is 5.82 Å². The number of ether oxygens (including phenoxy) is 1. The van der Waals surface area contributed by atoms with Crippen molar-refractivity contribution < 1.29 is 13.9 Å². The molecular weight excluding hydrogens is 267 g/mol. The molecular formula is C13H13FN2O2S. The van der Waals surface area contributed by atoms with Crippen LogP contribution in [0.4, 0.5) is 15.8 Å². The highest BCUT2D eigenvalue weighted by atomic mass is 32.1. The van der Waals surface area contributed by atoms with Gasteiger partial charge in [-0.2, -0.15) is 0 Å². The number of anilines is 2. The number of hydrogen-bond acceptors (Lipinski definition) is 4. The van der Waals surface area contributed by atoms with E-state index in [9.17, 15) is 9.18 Å². The number of nitrogen functional groups attached to an aromatic ring is 1. The summed E-state index contributed by atoms with van der Waals surface area (Å²) in [6, 6.07) is 7.66. The monoisotopic (exact) mass is 280 g/mol. The number of benzene rings is 1. The van der Waals surface area contributed by atoms with E-state index in [1.54, 1.807) is 11.3 Å². The van der Waals surface area contributed by atoms with Crippen LogP contribution in [0, 0.1) is 5.82 Å². The molecule has 0 atom stereocenters. The van der Waals surface area contributed by atoms with Gasteiger partial charge in [0.05, 0.1) is 18.0 Å². The van der Waals surface area contributed by atoms with E-state index in [0.717, 1.165) is 10.9 Å². The molecule has 0 radical (unpaired) electrons. The molecule has 0 aliphatic heterocycles. The molecule has 1 aromatic heterocycles. The Bertz CT molecular complexity index is 558. The zero-order valence-electron chi connectivity index (χ0n) is 10.1. The zero-order valence-corrected chi connectivity index (χ0v) is 10.9. The first-order chi connectivity index (χ1) is 9.15. The highest BCUT2D eigenvalue weighted by Gasteiger charge is 2.06. The van der Waals surface area contributed by atoms with Gasteiger partial charge in [-0.1, -0.05) is 6.07 Å². The minimum Gasteiger partial charge on any atom is -0.397 e.